The summed E-state index contributed by atoms with van der Waals surface area (Å²) in [6.45, 7) is 9.92. The first-order chi connectivity index (χ1) is 15.8. The SMILES string of the molecule is CC(C)(C)OC(=O)N(C(=O)OCc1ccccc1)c1cc([C@H]2OCC(=O)[C@@H]2F)nn1C(C)(C)C. The Kier molecular flexibility index (Phi) is 7.11. The van der Waals surface area contributed by atoms with Crippen molar-refractivity contribution in [1.82, 2.24) is 9.78 Å². The number of hydrogen-bond acceptors (Lipinski definition) is 7. The van der Waals surface area contributed by atoms with Crippen LogP contribution in [0.15, 0.2) is 36.4 Å². The van der Waals surface area contributed by atoms with E-state index in [1.54, 1.807) is 65.8 Å². The molecule has 1 fully saturated rings. The maximum absolute atomic E-state index is 14.4. The first-order valence-electron chi connectivity index (χ1n) is 10.9. The van der Waals surface area contributed by atoms with Gasteiger partial charge in [0.25, 0.3) is 0 Å². The lowest BCUT2D eigenvalue weighted by molar-refractivity contribution is -0.121. The average Bonchev–Trinajstić information content (AvgIpc) is 3.30. The summed E-state index contributed by atoms with van der Waals surface area (Å²) < 4.78 is 32.0. The second-order valence-corrected chi connectivity index (χ2v) is 9.97. The molecule has 0 unspecified atom stereocenters. The van der Waals surface area contributed by atoms with Crippen molar-refractivity contribution in [2.24, 2.45) is 0 Å². The molecule has 184 valence electrons. The normalized spacial score (nSPS) is 18.6. The molecule has 2 aromatic rings. The molecule has 1 aromatic carbocycles. The van der Waals surface area contributed by atoms with Gasteiger partial charge in [0.05, 0.1) is 11.2 Å². The maximum Gasteiger partial charge on any atom is 0.425 e. The highest BCUT2D eigenvalue weighted by atomic mass is 19.1. The summed E-state index contributed by atoms with van der Waals surface area (Å²) in [5.74, 6) is -0.687. The molecule has 2 atom stereocenters. The summed E-state index contributed by atoms with van der Waals surface area (Å²) in [7, 11) is 0. The van der Waals surface area contributed by atoms with E-state index in [9.17, 15) is 18.8 Å². The van der Waals surface area contributed by atoms with E-state index in [0.29, 0.717) is 0 Å². The molecule has 0 aliphatic carbocycles. The monoisotopic (exact) mass is 475 g/mol. The van der Waals surface area contributed by atoms with Crippen LogP contribution in [0.1, 0.15) is 58.9 Å². The van der Waals surface area contributed by atoms with E-state index in [1.807, 2.05) is 6.07 Å². The molecule has 0 spiro atoms. The zero-order chi connectivity index (χ0) is 25.3. The second-order valence-electron chi connectivity index (χ2n) is 9.97. The van der Waals surface area contributed by atoms with E-state index in [4.69, 9.17) is 14.2 Å². The average molecular weight is 476 g/mol. The van der Waals surface area contributed by atoms with Crippen LogP contribution in [0.2, 0.25) is 0 Å². The van der Waals surface area contributed by atoms with Crippen LogP contribution in [0.4, 0.5) is 19.8 Å². The second kappa shape index (κ2) is 9.54. The summed E-state index contributed by atoms with van der Waals surface area (Å²) >= 11 is 0. The van der Waals surface area contributed by atoms with Crippen LogP contribution in [0, 0.1) is 0 Å². The zero-order valence-corrected chi connectivity index (χ0v) is 20.2. The molecular formula is C24H30FN3O6. The Labute approximate surface area is 197 Å². The number of carbonyl (C=O) groups is 3. The lowest BCUT2D eigenvalue weighted by atomic mass is 10.1. The minimum absolute atomic E-state index is 0.00459. The number of hydrogen-bond donors (Lipinski definition) is 0. The molecule has 0 saturated carbocycles. The van der Waals surface area contributed by atoms with Crippen molar-refractivity contribution in [1.29, 1.82) is 0 Å². The van der Waals surface area contributed by atoms with Gasteiger partial charge in [0.15, 0.2) is 12.0 Å². The van der Waals surface area contributed by atoms with Crippen LogP contribution < -0.4 is 4.90 Å². The van der Waals surface area contributed by atoms with Gasteiger partial charge < -0.3 is 14.2 Å². The van der Waals surface area contributed by atoms with Crippen molar-refractivity contribution in [2.75, 3.05) is 11.5 Å². The van der Waals surface area contributed by atoms with Crippen LogP contribution in [0.25, 0.3) is 0 Å². The number of amides is 2. The molecule has 9 nitrogen and oxygen atoms in total. The number of nitrogens with zero attached hydrogens (tertiary/aromatic N) is 3. The largest absolute Gasteiger partial charge is 0.444 e. The Balaban J connectivity index is 2.02. The smallest absolute Gasteiger partial charge is 0.425 e. The number of carbonyl (C=O) groups excluding carboxylic acids is 3. The fourth-order valence-electron chi connectivity index (χ4n) is 3.27. The lowest BCUT2D eigenvalue weighted by Gasteiger charge is -2.29. The van der Waals surface area contributed by atoms with Crippen LogP contribution in [0.3, 0.4) is 0 Å². The Morgan fingerprint density at radius 1 is 1.15 bits per heavy atom. The van der Waals surface area contributed by atoms with E-state index in [2.05, 4.69) is 5.10 Å². The zero-order valence-electron chi connectivity index (χ0n) is 20.2. The quantitative estimate of drug-likeness (QED) is 0.632. The molecule has 2 heterocycles. The first kappa shape index (κ1) is 25.4. The predicted octanol–water partition coefficient (Wildman–Crippen LogP) is 4.69. The summed E-state index contributed by atoms with van der Waals surface area (Å²) in [6.07, 6.45) is -5.11. The molecular weight excluding hydrogens is 445 g/mol. The highest BCUT2D eigenvalue weighted by Gasteiger charge is 2.42. The van der Waals surface area contributed by atoms with E-state index in [1.165, 1.54) is 10.7 Å². The van der Waals surface area contributed by atoms with Crippen LogP contribution in [-0.4, -0.2) is 46.1 Å². The summed E-state index contributed by atoms with van der Waals surface area (Å²) in [5.41, 5.74) is -0.840. The molecule has 0 radical (unpaired) electrons. The number of imide groups is 1. The van der Waals surface area contributed by atoms with Crippen molar-refractivity contribution in [3.05, 3.63) is 47.7 Å². The third-order valence-corrected chi connectivity index (χ3v) is 4.81. The van der Waals surface area contributed by atoms with Gasteiger partial charge in [-0.25, -0.2) is 18.7 Å². The van der Waals surface area contributed by atoms with Gasteiger partial charge in [0.1, 0.15) is 30.7 Å². The van der Waals surface area contributed by atoms with Crippen molar-refractivity contribution >= 4 is 23.8 Å². The molecule has 1 saturated heterocycles. The first-order valence-corrected chi connectivity index (χ1v) is 10.9. The highest BCUT2D eigenvalue weighted by Crippen LogP contribution is 2.34. The number of aromatic nitrogens is 2. The fraction of sp³-hybridized carbons (Fsp3) is 0.500. The minimum Gasteiger partial charge on any atom is -0.444 e. The molecule has 1 aliphatic heterocycles. The van der Waals surface area contributed by atoms with Gasteiger partial charge in [-0.05, 0) is 47.1 Å². The Morgan fingerprint density at radius 2 is 1.79 bits per heavy atom. The third kappa shape index (κ3) is 5.80. The van der Waals surface area contributed by atoms with Crippen molar-refractivity contribution in [3.63, 3.8) is 0 Å². The molecule has 2 amide bonds. The van der Waals surface area contributed by atoms with Gasteiger partial charge in [-0.3, -0.25) is 4.79 Å². The summed E-state index contributed by atoms with van der Waals surface area (Å²) in [4.78, 5) is 38.7. The summed E-state index contributed by atoms with van der Waals surface area (Å²) in [6, 6.07) is 10.3. The molecule has 0 N–H and O–H groups in total. The fourth-order valence-corrected chi connectivity index (χ4v) is 3.27. The predicted molar refractivity (Wildman–Crippen MR) is 121 cm³/mol. The topological polar surface area (TPSA) is 100.0 Å². The van der Waals surface area contributed by atoms with E-state index in [0.717, 1.165) is 10.5 Å². The van der Waals surface area contributed by atoms with E-state index in [-0.39, 0.29) is 24.7 Å². The molecule has 10 heteroatoms. The number of Topliss-reactive ketones (excluding diaryl/α,β-unsaturated/α-hetero) is 1. The van der Waals surface area contributed by atoms with Crippen LogP contribution in [-0.2, 0) is 31.2 Å². The molecule has 1 aliphatic rings. The molecule has 0 bridgehead atoms. The van der Waals surface area contributed by atoms with Gasteiger partial charge >= 0.3 is 12.2 Å². The lowest BCUT2D eigenvalue weighted by Crippen LogP contribution is -2.43. The maximum atomic E-state index is 14.4. The third-order valence-electron chi connectivity index (χ3n) is 4.81. The van der Waals surface area contributed by atoms with Crippen LogP contribution >= 0.6 is 0 Å². The number of ketones is 1. The van der Waals surface area contributed by atoms with Crippen molar-refractivity contribution < 1.29 is 33.0 Å². The van der Waals surface area contributed by atoms with E-state index >= 15 is 0 Å². The van der Waals surface area contributed by atoms with Gasteiger partial charge in [-0.2, -0.15) is 10.00 Å². The number of benzene rings is 1. The standard InChI is InChI=1S/C24H30FN3O6/c1-23(2,3)28-18(12-16(26-28)20-19(25)17(29)14-32-20)27(22(31)34-24(4,5)6)21(30)33-13-15-10-8-7-9-11-15/h7-12,19-20H,13-14H2,1-6H3/t19-,20+/m0/s1. The number of rotatable bonds is 4. The van der Waals surface area contributed by atoms with E-state index < -0.39 is 41.4 Å². The molecule has 34 heavy (non-hydrogen) atoms. The van der Waals surface area contributed by atoms with Crippen molar-refractivity contribution in [3.8, 4) is 0 Å². The Hall–Kier alpha value is -3.27. The number of anilines is 1. The number of ether oxygens (including phenoxy) is 3. The summed E-state index contributed by atoms with van der Waals surface area (Å²) in [5, 5.41) is 4.39. The van der Waals surface area contributed by atoms with Gasteiger partial charge in [-0.1, -0.05) is 30.3 Å². The minimum atomic E-state index is -1.89. The number of alkyl halides is 1. The van der Waals surface area contributed by atoms with Crippen molar-refractivity contribution in [2.45, 2.75) is 71.6 Å². The van der Waals surface area contributed by atoms with Gasteiger partial charge in [0.2, 0.25) is 0 Å². The highest BCUT2D eigenvalue weighted by molar-refractivity contribution is 6.08. The number of halogens is 1. The Morgan fingerprint density at radius 3 is 2.32 bits per heavy atom. The van der Waals surface area contributed by atoms with Crippen LogP contribution in [0.5, 0.6) is 0 Å². The Bertz CT molecular complexity index is 1050. The molecule has 3 rings (SSSR count). The van der Waals surface area contributed by atoms with Gasteiger partial charge in [0, 0.05) is 6.07 Å². The van der Waals surface area contributed by atoms with Gasteiger partial charge in [-0.15, -0.1) is 0 Å². The molecule has 1 aromatic heterocycles.